The first-order valence-corrected chi connectivity index (χ1v) is 11.2. The molecular weight excluding hydrogens is 415 g/mol. The zero-order valence-corrected chi connectivity index (χ0v) is 17.3. The summed E-state index contributed by atoms with van der Waals surface area (Å²) in [6.07, 6.45) is 0. The van der Waals surface area contributed by atoms with Crippen LogP contribution in [0.15, 0.2) is 30.3 Å². The van der Waals surface area contributed by atoms with E-state index in [0.29, 0.717) is 46.7 Å². The van der Waals surface area contributed by atoms with Gasteiger partial charge in [-0.05, 0) is 36.8 Å². The number of piperazine rings is 1. The first-order valence-electron chi connectivity index (χ1n) is 8.04. The number of hydrogen-bond donors (Lipinski definition) is 0. The molecule has 1 amide bonds. The predicted octanol–water partition coefficient (Wildman–Crippen LogP) is 3.65. The molecule has 1 aliphatic rings. The number of aryl methyl sites for hydroxylation is 1. The summed E-state index contributed by atoms with van der Waals surface area (Å²) in [6.45, 7) is 3.31. The van der Waals surface area contributed by atoms with Crippen molar-refractivity contribution in [2.45, 2.75) is 12.7 Å². The highest BCUT2D eigenvalue weighted by Crippen LogP contribution is 2.25. The van der Waals surface area contributed by atoms with Crippen LogP contribution in [0.2, 0.25) is 10.0 Å². The minimum atomic E-state index is -3.48. The van der Waals surface area contributed by atoms with Gasteiger partial charge < -0.3 is 4.90 Å². The van der Waals surface area contributed by atoms with E-state index in [-0.39, 0.29) is 11.7 Å². The summed E-state index contributed by atoms with van der Waals surface area (Å²) in [5, 5.41) is 0.727. The molecule has 1 aromatic heterocycles. The standard InChI is InChI=1S/C17H18Cl2N2O3S2/c1-12-2-5-16(25-12)17(22)20-6-8-21(9-7-20)26(23,24)11-13-3-4-14(18)15(19)10-13/h2-5,10H,6-9,11H2,1H3. The van der Waals surface area contributed by atoms with Crippen molar-refractivity contribution in [3.8, 4) is 0 Å². The van der Waals surface area contributed by atoms with Crippen LogP contribution in [0.25, 0.3) is 0 Å². The zero-order chi connectivity index (χ0) is 18.9. The summed E-state index contributed by atoms with van der Waals surface area (Å²) < 4.78 is 26.7. The lowest BCUT2D eigenvalue weighted by Gasteiger charge is -2.33. The third kappa shape index (κ3) is 4.40. The maximum absolute atomic E-state index is 12.6. The van der Waals surface area contributed by atoms with E-state index in [1.807, 2.05) is 19.1 Å². The largest absolute Gasteiger partial charge is 0.335 e. The first-order chi connectivity index (χ1) is 12.3. The Morgan fingerprint density at radius 3 is 2.35 bits per heavy atom. The Morgan fingerprint density at radius 2 is 1.77 bits per heavy atom. The third-order valence-electron chi connectivity index (χ3n) is 4.20. The van der Waals surface area contributed by atoms with Crippen LogP contribution in [0.5, 0.6) is 0 Å². The molecule has 9 heteroatoms. The van der Waals surface area contributed by atoms with Crippen LogP contribution in [0, 0.1) is 6.92 Å². The normalized spacial score (nSPS) is 16.0. The number of benzene rings is 1. The van der Waals surface area contributed by atoms with Crippen LogP contribution in [0.4, 0.5) is 0 Å². The maximum Gasteiger partial charge on any atom is 0.264 e. The highest BCUT2D eigenvalue weighted by molar-refractivity contribution is 7.88. The van der Waals surface area contributed by atoms with Crippen molar-refractivity contribution >= 4 is 50.5 Å². The van der Waals surface area contributed by atoms with Gasteiger partial charge in [0, 0.05) is 31.1 Å². The van der Waals surface area contributed by atoms with Gasteiger partial charge in [0.25, 0.3) is 5.91 Å². The second-order valence-electron chi connectivity index (χ2n) is 6.11. The SMILES string of the molecule is Cc1ccc(C(=O)N2CCN(S(=O)(=O)Cc3ccc(Cl)c(Cl)c3)CC2)s1. The van der Waals surface area contributed by atoms with Crippen molar-refractivity contribution in [2.75, 3.05) is 26.2 Å². The van der Waals surface area contributed by atoms with E-state index in [4.69, 9.17) is 23.2 Å². The monoisotopic (exact) mass is 432 g/mol. The molecule has 2 aromatic rings. The lowest BCUT2D eigenvalue weighted by Crippen LogP contribution is -2.50. The summed E-state index contributed by atoms with van der Waals surface area (Å²) in [4.78, 5) is 15.9. The number of carbonyl (C=O) groups is 1. The fraction of sp³-hybridized carbons (Fsp3) is 0.353. The van der Waals surface area contributed by atoms with Crippen molar-refractivity contribution in [2.24, 2.45) is 0 Å². The molecule has 26 heavy (non-hydrogen) atoms. The number of carbonyl (C=O) groups excluding carboxylic acids is 1. The van der Waals surface area contributed by atoms with Gasteiger partial charge in [0.05, 0.1) is 20.7 Å². The summed E-state index contributed by atoms with van der Waals surface area (Å²) >= 11 is 13.3. The van der Waals surface area contributed by atoms with E-state index in [1.165, 1.54) is 15.6 Å². The zero-order valence-electron chi connectivity index (χ0n) is 14.1. The molecule has 0 saturated carbocycles. The van der Waals surface area contributed by atoms with Crippen LogP contribution in [-0.2, 0) is 15.8 Å². The molecule has 0 unspecified atom stereocenters. The minimum absolute atomic E-state index is 0.0374. The Hall–Kier alpha value is -1.12. The summed E-state index contributed by atoms with van der Waals surface area (Å²) in [5.74, 6) is -0.174. The van der Waals surface area contributed by atoms with Crippen LogP contribution >= 0.6 is 34.5 Å². The van der Waals surface area contributed by atoms with E-state index in [0.717, 1.165) is 4.88 Å². The van der Waals surface area contributed by atoms with Gasteiger partial charge >= 0.3 is 0 Å². The molecule has 5 nitrogen and oxygen atoms in total. The van der Waals surface area contributed by atoms with E-state index < -0.39 is 10.0 Å². The van der Waals surface area contributed by atoms with Gasteiger partial charge in [-0.2, -0.15) is 4.31 Å². The highest BCUT2D eigenvalue weighted by Gasteiger charge is 2.29. The Bertz CT molecular complexity index is 920. The molecule has 3 rings (SSSR count). The van der Waals surface area contributed by atoms with Crippen LogP contribution in [-0.4, -0.2) is 49.7 Å². The molecule has 0 aliphatic carbocycles. The molecule has 1 fully saturated rings. The lowest BCUT2D eigenvalue weighted by molar-refractivity contribution is 0.0702. The lowest BCUT2D eigenvalue weighted by atomic mass is 10.2. The molecule has 1 aliphatic heterocycles. The molecule has 0 N–H and O–H groups in total. The number of sulfonamides is 1. The summed E-state index contributed by atoms with van der Waals surface area (Å²) in [5.41, 5.74) is 0.590. The molecule has 0 spiro atoms. The Kier molecular flexibility index (Phi) is 5.94. The molecule has 140 valence electrons. The molecule has 0 radical (unpaired) electrons. The number of hydrogen-bond acceptors (Lipinski definition) is 4. The van der Waals surface area contributed by atoms with E-state index >= 15 is 0 Å². The fourth-order valence-corrected chi connectivity index (χ4v) is 5.47. The number of amides is 1. The first kappa shape index (κ1) is 19.6. The average molecular weight is 433 g/mol. The summed E-state index contributed by atoms with van der Waals surface area (Å²) in [7, 11) is -3.48. The Labute approximate surface area is 167 Å². The van der Waals surface area contributed by atoms with Gasteiger partial charge in [-0.15, -0.1) is 11.3 Å². The van der Waals surface area contributed by atoms with Crippen molar-refractivity contribution in [1.29, 1.82) is 0 Å². The van der Waals surface area contributed by atoms with Crippen molar-refractivity contribution < 1.29 is 13.2 Å². The molecule has 0 bridgehead atoms. The number of rotatable bonds is 4. The topological polar surface area (TPSA) is 57.7 Å². The van der Waals surface area contributed by atoms with E-state index in [2.05, 4.69) is 0 Å². The highest BCUT2D eigenvalue weighted by atomic mass is 35.5. The van der Waals surface area contributed by atoms with Crippen LogP contribution < -0.4 is 0 Å². The Morgan fingerprint density at radius 1 is 1.08 bits per heavy atom. The molecule has 1 aromatic carbocycles. The van der Waals surface area contributed by atoms with Crippen molar-refractivity contribution in [3.63, 3.8) is 0 Å². The van der Waals surface area contributed by atoms with Gasteiger partial charge in [0.2, 0.25) is 10.0 Å². The number of thiophene rings is 1. The minimum Gasteiger partial charge on any atom is -0.335 e. The van der Waals surface area contributed by atoms with E-state index in [9.17, 15) is 13.2 Å². The third-order valence-corrected chi connectivity index (χ3v) is 7.78. The smallest absolute Gasteiger partial charge is 0.264 e. The van der Waals surface area contributed by atoms with Gasteiger partial charge in [-0.1, -0.05) is 29.3 Å². The van der Waals surface area contributed by atoms with Crippen molar-refractivity contribution in [3.05, 3.63) is 55.7 Å². The molecular formula is C17H18Cl2N2O3S2. The van der Waals surface area contributed by atoms with Crippen molar-refractivity contribution in [1.82, 2.24) is 9.21 Å². The number of nitrogens with zero attached hydrogens (tertiary/aromatic N) is 2. The number of halogens is 2. The average Bonchev–Trinajstić information content (AvgIpc) is 3.04. The second kappa shape index (κ2) is 7.86. The second-order valence-corrected chi connectivity index (χ2v) is 10.2. The van der Waals surface area contributed by atoms with Gasteiger partial charge in [-0.25, -0.2) is 8.42 Å². The van der Waals surface area contributed by atoms with E-state index in [1.54, 1.807) is 23.1 Å². The quantitative estimate of drug-likeness (QED) is 0.740. The predicted molar refractivity (Wildman–Crippen MR) is 106 cm³/mol. The fourth-order valence-electron chi connectivity index (χ4n) is 2.81. The van der Waals surface area contributed by atoms with Crippen LogP contribution in [0.3, 0.4) is 0 Å². The van der Waals surface area contributed by atoms with Gasteiger partial charge in [0.1, 0.15) is 0 Å². The molecule has 2 heterocycles. The summed E-state index contributed by atoms with van der Waals surface area (Å²) in [6, 6.07) is 8.55. The molecule has 1 saturated heterocycles. The maximum atomic E-state index is 12.6. The Balaban J connectivity index is 1.63. The van der Waals surface area contributed by atoms with Gasteiger partial charge in [0.15, 0.2) is 0 Å². The van der Waals surface area contributed by atoms with Crippen LogP contribution in [0.1, 0.15) is 20.1 Å². The van der Waals surface area contributed by atoms with Gasteiger partial charge in [-0.3, -0.25) is 4.79 Å². The molecule has 0 atom stereocenters.